The summed E-state index contributed by atoms with van der Waals surface area (Å²) in [5, 5.41) is 20.2. The normalized spacial score (nSPS) is 10.8. The molecule has 2 aromatic carbocycles. The molecule has 0 saturated heterocycles. The molecule has 0 aliphatic carbocycles. The molecule has 2 rings (SSSR count). The second kappa shape index (κ2) is 6.55. The van der Waals surface area contributed by atoms with Crippen molar-refractivity contribution in [2.45, 2.75) is 0 Å². The summed E-state index contributed by atoms with van der Waals surface area (Å²) in [7, 11) is 0. The predicted octanol–water partition coefficient (Wildman–Crippen LogP) is 4.35. The van der Waals surface area contributed by atoms with Crippen molar-refractivity contribution in [2.24, 2.45) is 4.99 Å². The SMILES string of the molecule is O=C(O)c1ccc(Cl)c(N=Cc2cc([N+](=O)[O-])ccc2Cl)c1. The molecule has 0 heterocycles. The van der Waals surface area contributed by atoms with E-state index in [4.69, 9.17) is 28.3 Å². The van der Waals surface area contributed by atoms with E-state index in [1.807, 2.05) is 0 Å². The number of hydrogen-bond donors (Lipinski definition) is 1. The minimum absolute atomic E-state index is 0.0293. The molecule has 8 heteroatoms. The summed E-state index contributed by atoms with van der Waals surface area (Å²) >= 11 is 11.9. The zero-order valence-electron chi connectivity index (χ0n) is 10.9. The Morgan fingerprint density at radius 3 is 2.50 bits per heavy atom. The number of carboxylic acids is 1. The third-order valence-electron chi connectivity index (χ3n) is 2.73. The molecule has 0 spiro atoms. The van der Waals surface area contributed by atoms with E-state index in [-0.39, 0.29) is 27.0 Å². The van der Waals surface area contributed by atoms with Crippen LogP contribution < -0.4 is 0 Å². The quantitative estimate of drug-likeness (QED) is 0.509. The van der Waals surface area contributed by atoms with Crippen LogP contribution in [0.4, 0.5) is 11.4 Å². The number of carboxylic acid groups (broad SMARTS) is 1. The highest BCUT2D eigenvalue weighted by Crippen LogP contribution is 2.27. The first-order chi connectivity index (χ1) is 10.4. The van der Waals surface area contributed by atoms with E-state index >= 15 is 0 Å². The topological polar surface area (TPSA) is 92.8 Å². The number of aromatic carboxylic acids is 1. The van der Waals surface area contributed by atoms with Crippen molar-refractivity contribution in [3.05, 3.63) is 67.7 Å². The number of halogens is 2. The first-order valence-electron chi connectivity index (χ1n) is 5.89. The fourth-order valence-electron chi connectivity index (χ4n) is 1.63. The molecule has 0 fully saturated rings. The Balaban J connectivity index is 2.40. The average Bonchev–Trinajstić information content (AvgIpc) is 2.47. The number of nitrogens with zero attached hydrogens (tertiary/aromatic N) is 2. The summed E-state index contributed by atoms with van der Waals surface area (Å²) in [6, 6.07) is 7.98. The van der Waals surface area contributed by atoms with Gasteiger partial charge < -0.3 is 5.11 Å². The van der Waals surface area contributed by atoms with Gasteiger partial charge in [-0.3, -0.25) is 15.1 Å². The number of non-ortho nitro benzene ring substituents is 1. The van der Waals surface area contributed by atoms with Gasteiger partial charge in [-0.1, -0.05) is 23.2 Å². The van der Waals surface area contributed by atoms with Gasteiger partial charge in [-0.2, -0.15) is 0 Å². The van der Waals surface area contributed by atoms with Crippen LogP contribution in [-0.4, -0.2) is 22.2 Å². The maximum absolute atomic E-state index is 10.9. The predicted molar refractivity (Wildman–Crippen MR) is 83.8 cm³/mol. The first-order valence-corrected chi connectivity index (χ1v) is 6.65. The number of rotatable bonds is 4. The highest BCUT2D eigenvalue weighted by Gasteiger charge is 2.09. The summed E-state index contributed by atoms with van der Waals surface area (Å²) in [6.07, 6.45) is 1.29. The molecule has 0 radical (unpaired) electrons. The molecule has 0 aromatic heterocycles. The van der Waals surface area contributed by atoms with E-state index in [0.29, 0.717) is 5.56 Å². The number of nitro groups is 1. The minimum Gasteiger partial charge on any atom is -0.478 e. The Hall–Kier alpha value is -2.44. The van der Waals surface area contributed by atoms with Crippen molar-refractivity contribution in [1.82, 2.24) is 0 Å². The second-order valence-corrected chi connectivity index (χ2v) is 5.01. The standard InChI is InChI=1S/C14H8Cl2N2O4/c15-11-4-2-10(18(21)22)5-9(11)7-17-13-6-8(14(19)20)1-3-12(13)16/h1-7H,(H,19,20). The summed E-state index contributed by atoms with van der Waals surface area (Å²) in [6.45, 7) is 0. The Labute approximate surface area is 134 Å². The fraction of sp³-hybridized carbons (Fsp3) is 0. The molecule has 0 aliphatic rings. The molecular weight excluding hydrogens is 331 g/mol. The van der Waals surface area contributed by atoms with E-state index < -0.39 is 10.9 Å². The maximum atomic E-state index is 10.9. The molecule has 1 N–H and O–H groups in total. The summed E-state index contributed by atoms with van der Waals surface area (Å²) in [5.74, 6) is -1.11. The first kappa shape index (κ1) is 15.9. The van der Waals surface area contributed by atoms with Crippen molar-refractivity contribution >= 4 is 46.8 Å². The van der Waals surface area contributed by atoms with Crippen LogP contribution in [0, 0.1) is 10.1 Å². The van der Waals surface area contributed by atoms with E-state index in [2.05, 4.69) is 4.99 Å². The van der Waals surface area contributed by atoms with Crippen molar-refractivity contribution in [3.63, 3.8) is 0 Å². The monoisotopic (exact) mass is 338 g/mol. The van der Waals surface area contributed by atoms with Gasteiger partial charge in [-0.15, -0.1) is 0 Å². The van der Waals surface area contributed by atoms with Gasteiger partial charge in [0.05, 0.1) is 21.2 Å². The van der Waals surface area contributed by atoms with Gasteiger partial charge in [0.25, 0.3) is 5.69 Å². The van der Waals surface area contributed by atoms with Crippen LogP contribution in [0.5, 0.6) is 0 Å². The Morgan fingerprint density at radius 1 is 1.18 bits per heavy atom. The highest BCUT2D eigenvalue weighted by atomic mass is 35.5. The van der Waals surface area contributed by atoms with Crippen LogP contribution >= 0.6 is 23.2 Å². The number of hydrogen-bond acceptors (Lipinski definition) is 4. The zero-order valence-corrected chi connectivity index (χ0v) is 12.4. The average molecular weight is 339 g/mol. The Kier molecular flexibility index (Phi) is 4.75. The zero-order chi connectivity index (χ0) is 16.3. The van der Waals surface area contributed by atoms with Crippen LogP contribution in [0.3, 0.4) is 0 Å². The third kappa shape index (κ3) is 3.60. The lowest BCUT2D eigenvalue weighted by Gasteiger charge is -2.01. The van der Waals surface area contributed by atoms with E-state index in [1.165, 1.54) is 42.6 Å². The van der Waals surface area contributed by atoms with Gasteiger partial charge in [0.15, 0.2) is 0 Å². The fourth-order valence-corrected chi connectivity index (χ4v) is 1.96. The molecule has 0 bridgehead atoms. The van der Waals surface area contributed by atoms with Gasteiger partial charge in [-0.25, -0.2) is 4.79 Å². The molecule has 22 heavy (non-hydrogen) atoms. The Bertz CT molecular complexity index is 725. The van der Waals surface area contributed by atoms with Gasteiger partial charge in [0, 0.05) is 28.9 Å². The van der Waals surface area contributed by atoms with Gasteiger partial charge in [0.1, 0.15) is 0 Å². The molecule has 0 amide bonds. The molecule has 6 nitrogen and oxygen atoms in total. The van der Waals surface area contributed by atoms with Crippen LogP contribution in [0.15, 0.2) is 41.4 Å². The largest absolute Gasteiger partial charge is 0.478 e. The van der Waals surface area contributed by atoms with E-state index in [1.54, 1.807) is 0 Å². The maximum Gasteiger partial charge on any atom is 0.335 e. The van der Waals surface area contributed by atoms with Crippen LogP contribution in [0.1, 0.15) is 15.9 Å². The molecule has 0 unspecified atom stereocenters. The molecule has 2 aromatic rings. The van der Waals surface area contributed by atoms with Crippen molar-refractivity contribution < 1.29 is 14.8 Å². The lowest BCUT2D eigenvalue weighted by Crippen LogP contribution is -1.95. The summed E-state index contributed by atoms with van der Waals surface area (Å²) in [4.78, 5) is 25.2. The molecule has 0 aliphatic heterocycles. The highest BCUT2D eigenvalue weighted by molar-refractivity contribution is 6.34. The lowest BCUT2D eigenvalue weighted by atomic mass is 10.2. The minimum atomic E-state index is -1.11. The third-order valence-corrected chi connectivity index (χ3v) is 3.39. The molecule has 0 saturated carbocycles. The number of benzene rings is 2. The van der Waals surface area contributed by atoms with Crippen LogP contribution in [-0.2, 0) is 0 Å². The van der Waals surface area contributed by atoms with Crippen LogP contribution in [0.2, 0.25) is 10.0 Å². The van der Waals surface area contributed by atoms with Crippen LogP contribution in [0.25, 0.3) is 0 Å². The summed E-state index contributed by atoms with van der Waals surface area (Å²) < 4.78 is 0. The molecular formula is C14H8Cl2N2O4. The number of aliphatic imine (C=N–C) groups is 1. The van der Waals surface area contributed by atoms with Gasteiger partial charge >= 0.3 is 5.97 Å². The van der Waals surface area contributed by atoms with Gasteiger partial charge in [-0.05, 0) is 24.3 Å². The second-order valence-electron chi connectivity index (χ2n) is 4.19. The van der Waals surface area contributed by atoms with E-state index in [9.17, 15) is 14.9 Å². The lowest BCUT2D eigenvalue weighted by molar-refractivity contribution is -0.384. The van der Waals surface area contributed by atoms with Crippen molar-refractivity contribution in [3.8, 4) is 0 Å². The smallest absolute Gasteiger partial charge is 0.335 e. The molecule has 112 valence electrons. The number of carbonyl (C=O) groups is 1. The Morgan fingerprint density at radius 2 is 1.86 bits per heavy atom. The van der Waals surface area contributed by atoms with Gasteiger partial charge in [0.2, 0.25) is 0 Å². The summed E-state index contributed by atoms with van der Waals surface area (Å²) in [5.41, 5.74) is 0.453. The van der Waals surface area contributed by atoms with Crippen molar-refractivity contribution in [1.29, 1.82) is 0 Å². The number of nitro benzene ring substituents is 1. The van der Waals surface area contributed by atoms with Crippen molar-refractivity contribution in [2.75, 3.05) is 0 Å². The van der Waals surface area contributed by atoms with E-state index in [0.717, 1.165) is 0 Å². The molecule has 0 atom stereocenters.